The van der Waals surface area contributed by atoms with Gasteiger partial charge in [-0.1, -0.05) is 17.2 Å². The third-order valence-electron chi connectivity index (χ3n) is 4.47. The molecule has 0 spiro atoms. The number of nitrogens with zero attached hydrogens (tertiary/aromatic N) is 1. The molecule has 1 heterocycles. The molecule has 0 saturated heterocycles. The number of benzene rings is 1. The van der Waals surface area contributed by atoms with Crippen LogP contribution in [0.5, 0.6) is 11.5 Å². The van der Waals surface area contributed by atoms with Gasteiger partial charge in [-0.15, -0.1) is 0 Å². The molecule has 2 rings (SSSR count). The van der Waals surface area contributed by atoms with Crippen molar-refractivity contribution in [2.24, 2.45) is 0 Å². The van der Waals surface area contributed by atoms with Crippen molar-refractivity contribution in [3.8, 4) is 11.5 Å². The number of ether oxygens (including phenoxy) is 2. The quantitative estimate of drug-likeness (QED) is 0.541. The third-order valence-corrected chi connectivity index (χ3v) is 4.47. The first kappa shape index (κ1) is 20.6. The third kappa shape index (κ3) is 4.94. The molecular weight excluding hydrogens is 340 g/mol. The van der Waals surface area contributed by atoms with Gasteiger partial charge in [0.2, 0.25) is 5.75 Å². The Morgan fingerprint density at radius 1 is 1.19 bits per heavy atom. The van der Waals surface area contributed by atoms with E-state index in [1.807, 2.05) is 19.1 Å². The number of fused-ring (bicyclic) bond motifs is 1. The van der Waals surface area contributed by atoms with Crippen molar-refractivity contribution in [1.82, 2.24) is 4.57 Å². The number of anilines is 1. The fourth-order valence-corrected chi connectivity index (χ4v) is 3.02. The van der Waals surface area contributed by atoms with Crippen LogP contribution >= 0.6 is 0 Å². The Bertz CT molecular complexity index is 919. The second-order valence-corrected chi connectivity index (χ2v) is 6.87. The molecule has 0 aliphatic heterocycles. The minimum absolute atomic E-state index is 0.206. The van der Waals surface area contributed by atoms with Gasteiger partial charge in [-0.3, -0.25) is 4.79 Å². The first-order chi connectivity index (χ1) is 12.9. The summed E-state index contributed by atoms with van der Waals surface area (Å²) in [5, 5.41) is 0.812. The summed E-state index contributed by atoms with van der Waals surface area (Å²) in [6, 6.07) is 5.45. The largest absolute Gasteiger partial charge is 0.492 e. The topological polar surface area (TPSA) is 66.5 Å². The van der Waals surface area contributed by atoms with E-state index >= 15 is 0 Å². The van der Waals surface area contributed by atoms with Crippen LogP contribution in [0.25, 0.3) is 10.9 Å². The highest BCUT2D eigenvalue weighted by atomic mass is 16.5. The van der Waals surface area contributed by atoms with Crippen molar-refractivity contribution in [2.75, 3.05) is 19.5 Å². The molecule has 0 amide bonds. The van der Waals surface area contributed by atoms with Crippen LogP contribution in [-0.4, -0.2) is 18.3 Å². The number of allylic oxidation sites excluding steroid dienone is 3. The van der Waals surface area contributed by atoms with Crippen LogP contribution in [0.3, 0.4) is 0 Å². The molecular formula is C22H30N2O3. The lowest BCUT2D eigenvalue weighted by Gasteiger charge is -2.16. The zero-order chi connectivity index (χ0) is 20.0. The maximum Gasteiger partial charge on any atom is 0.297 e. The molecule has 0 atom stereocenters. The van der Waals surface area contributed by atoms with Gasteiger partial charge in [0, 0.05) is 17.6 Å². The van der Waals surface area contributed by atoms with Gasteiger partial charge in [0.25, 0.3) is 5.56 Å². The molecule has 0 saturated carbocycles. The Kier molecular flexibility index (Phi) is 7.11. The molecule has 0 aliphatic rings. The zero-order valence-electron chi connectivity index (χ0n) is 17.0. The van der Waals surface area contributed by atoms with Crippen LogP contribution in [0.4, 0.5) is 5.69 Å². The summed E-state index contributed by atoms with van der Waals surface area (Å²) in [5.41, 5.74) is 9.60. The van der Waals surface area contributed by atoms with Gasteiger partial charge in [0.05, 0.1) is 12.6 Å². The maximum absolute atomic E-state index is 12.9. The average Bonchev–Trinajstić information content (AvgIpc) is 2.62. The van der Waals surface area contributed by atoms with Crippen LogP contribution in [0.1, 0.15) is 40.5 Å². The molecule has 2 aromatic rings. The number of aromatic nitrogens is 1. The Morgan fingerprint density at radius 3 is 2.56 bits per heavy atom. The summed E-state index contributed by atoms with van der Waals surface area (Å²) >= 11 is 0. The van der Waals surface area contributed by atoms with E-state index in [-0.39, 0.29) is 11.3 Å². The first-order valence-corrected chi connectivity index (χ1v) is 9.30. The van der Waals surface area contributed by atoms with Crippen LogP contribution in [-0.2, 0) is 6.54 Å². The SMILES string of the molecule is CCn1c(=O)c(OC/C=C(\C)CCC=C(C)C)c(OC)c2ccc(N)cc21. The Morgan fingerprint density at radius 2 is 1.93 bits per heavy atom. The first-order valence-electron chi connectivity index (χ1n) is 9.30. The molecule has 1 aromatic heterocycles. The second-order valence-electron chi connectivity index (χ2n) is 6.87. The van der Waals surface area contributed by atoms with Gasteiger partial charge in [0.15, 0.2) is 5.75 Å². The summed E-state index contributed by atoms with van der Waals surface area (Å²) in [6.07, 6.45) is 6.22. The second kappa shape index (κ2) is 9.31. The molecule has 0 unspecified atom stereocenters. The van der Waals surface area contributed by atoms with E-state index < -0.39 is 0 Å². The number of hydrogen-bond acceptors (Lipinski definition) is 4. The molecule has 2 N–H and O–H groups in total. The molecule has 27 heavy (non-hydrogen) atoms. The molecule has 0 aliphatic carbocycles. The van der Waals surface area contributed by atoms with E-state index in [1.165, 1.54) is 11.1 Å². The van der Waals surface area contributed by atoms with E-state index in [0.717, 1.165) is 23.7 Å². The molecule has 0 radical (unpaired) electrons. The van der Waals surface area contributed by atoms with E-state index in [4.69, 9.17) is 15.2 Å². The molecule has 0 bridgehead atoms. The van der Waals surface area contributed by atoms with Crippen LogP contribution < -0.4 is 20.8 Å². The lowest BCUT2D eigenvalue weighted by Crippen LogP contribution is -2.23. The van der Waals surface area contributed by atoms with Gasteiger partial charge >= 0.3 is 0 Å². The predicted molar refractivity (Wildman–Crippen MR) is 113 cm³/mol. The predicted octanol–water partition coefficient (Wildman–Crippen LogP) is 4.68. The molecule has 5 nitrogen and oxygen atoms in total. The van der Waals surface area contributed by atoms with Crippen LogP contribution in [0.2, 0.25) is 0 Å². The van der Waals surface area contributed by atoms with Crippen molar-refractivity contribution in [3.05, 3.63) is 51.9 Å². The fraction of sp³-hybridized carbons (Fsp3) is 0.409. The number of nitrogens with two attached hydrogens (primary N) is 1. The molecule has 146 valence electrons. The number of rotatable bonds is 8. The van der Waals surface area contributed by atoms with E-state index in [0.29, 0.717) is 24.6 Å². The number of hydrogen-bond donors (Lipinski definition) is 1. The van der Waals surface area contributed by atoms with Crippen molar-refractivity contribution in [2.45, 2.75) is 47.1 Å². The van der Waals surface area contributed by atoms with Gasteiger partial charge in [-0.25, -0.2) is 0 Å². The maximum atomic E-state index is 12.9. The highest BCUT2D eigenvalue weighted by molar-refractivity contribution is 5.90. The molecule has 0 fully saturated rings. The van der Waals surface area contributed by atoms with Crippen molar-refractivity contribution in [1.29, 1.82) is 0 Å². The zero-order valence-corrected chi connectivity index (χ0v) is 17.0. The Hall–Kier alpha value is -2.69. The summed E-state index contributed by atoms with van der Waals surface area (Å²) < 4.78 is 13.0. The van der Waals surface area contributed by atoms with Gasteiger partial charge in [0.1, 0.15) is 6.61 Å². The van der Waals surface area contributed by atoms with Crippen molar-refractivity contribution < 1.29 is 9.47 Å². The van der Waals surface area contributed by atoms with E-state index in [1.54, 1.807) is 23.8 Å². The highest BCUT2D eigenvalue weighted by Gasteiger charge is 2.18. The number of aryl methyl sites for hydroxylation is 1. The standard InChI is InChI=1S/C22H30N2O3/c1-6-24-19-14-17(23)10-11-18(19)20(26-5)21(22(24)25)27-13-12-16(4)9-7-8-15(2)3/h8,10-12,14H,6-7,9,13,23H2,1-5H3/b16-12+. The van der Waals surface area contributed by atoms with Gasteiger partial charge in [-0.05, 0) is 64.8 Å². The number of methoxy groups -OCH3 is 1. The lowest BCUT2D eigenvalue weighted by molar-refractivity contribution is 0.320. The monoisotopic (exact) mass is 370 g/mol. The summed E-state index contributed by atoms with van der Waals surface area (Å²) in [7, 11) is 1.55. The fourth-order valence-electron chi connectivity index (χ4n) is 3.02. The van der Waals surface area contributed by atoms with E-state index in [2.05, 4.69) is 26.8 Å². The summed E-state index contributed by atoms with van der Waals surface area (Å²) in [5.74, 6) is 0.695. The highest BCUT2D eigenvalue weighted by Crippen LogP contribution is 2.33. The molecule has 5 heteroatoms. The summed E-state index contributed by atoms with van der Waals surface area (Å²) in [6.45, 7) is 9.05. The van der Waals surface area contributed by atoms with Crippen LogP contribution in [0, 0.1) is 0 Å². The van der Waals surface area contributed by atoms with Gasteiger partial charge < -0.3 is 19.8 Å². The molecule has 1 aromatic carbocycles. The lowest BCUT2D eigenvalue weighted by atomic mass is 10.1. The summed E-state index contributed by atoms with van der Waals surface area (Å²) in [4.78, 5) is 12.9. The number of pyridine rings is 1. The Balaban J connectivity index is 2.33. The van der Waals surface area contributed by atoms with Gasteiger partial charge in [-0.2, -0.15) is 0 Å². The Labute approximate surface area is 161 Å². The van der Waals surface area contributed by atoms with Crippen LogP contribution in [0.15, 0.2) is 46.3 Å². The normalized spacial score (nSPS) is 11.5. The van der Waals surface area contributed by atoms with Crippen molar-refractivity contribution >= 4 is 16.6 Å². The van der Waals surface area contributed by atoms with E-state index in [9.17, 15) is 4.79 Å². The minimum Gasteiger partial charge on any atom is -0.492 e. The minimum atomic E-state index is -0.206. The van der Waals surface area contributed by atoms with Crippen molar-refractivity contribution in [3.63, 3.8) is 0 Å². The smallest absolute Gasteiger partial charge is 0.297 e. The average molecular weight is 370 g/mol. The number of nitrogen functional groups attached to an aromatic ring is 1.